The highest BCUT2D eigenvalue weighted by Gasteiger charge is 2.30. The Morgan fingerprint density at radius 1 is 1.23 bits per heavy atom. The minimum absolute atomic E-state index is 0.00484. The summed E-state index contributed by atoms with van der Waals surface area (Å²) in [4.78, 5) is 0. The van der Waals surface area contributed by atoms with Gasteiger partial charge in [0.15, 0.2) is 0 Å². The number of nitriles is 1. The highest BCUT2D eigenvalue weighted by atomic mass is 32.2. The maximum absolute atomic E-state index is 12.1. The largest absolute Gasteiger partial charge is 0.489 e. The fourth-order valence-electron chi connectivity index (χ4n) is 2.68. The Labute approximate surface area is 132 Å². The van der Waals surface area contributed by atoms with Crippen molar-refractivity contribution in [3.8, 4) is 11.8 Å². The third-order valence-corrected chi connectivity index (χ3v) is 5.25. The molecule has 22 heavy (non-hydrogen) atoms. The Kier molecular flexibility index (Phi) is 6.22. The highest BCUT2D eigenvalue weighted by molar-refractivity contribution is 7.89. The molecular weight excluding hydrogens is 300 g/mol. The minimum Gasteiger partial charge on any atom is -0.489 e. The van der Waals surface area contributed by atoms with Crippen LogP contribution in [0.2, 0.25) is 0 Å². The van der Waals surface area contributed by atoms with Crippen LogP contribution in [0.1, 0.15) is 38.5 Å². The summed E-state index contributed by atoms with van der Waals surface area (Å²) < 4.78 is 32.9. The zero-order chi connectivity index (χ0) is 15.8. The van der Waals surface area contributed by atoms with Gasteiger partial charge in [-0.3, -0.25) is 0 Å². The van der Waals surface area contributed by atoms with Gasteiger partial charge in [0.1, 0.15) is 11.9 Å². The van der Waals surface area contributed by atoms with Crippen LogP contribution in [0, 0.1) is 11.3 Å². The lowest BCUT2D eigenvalue weighted by molar-refractivity contribution is 0.125. The average molecular weight is 322 g/mol. The molecule has 6 heteroatoms. The van der Waals surface area contributed by atoms with Crippen LogP contribution in [0.4, 0.5) is 0 Å². The molecule has 2 atom stereocenters. The van der Waals surface area contributed by atoms with Gasteiger partial charge in [0.05, 0.1) is 17.9 Å². The van der Waals surface area contributed by atoms with Gasteiger partial charge in [-0.25, -0.2) is 13.1 Å². The quantitative estimate of drug-likeness (QED) is 0.783. The third-order valence-electron chi connectivity index (χ3n) is 3.77. The number of benzene rings is 1. The maximum atomic E-state index is 12.1. The molecule has 0 heterocycles. The summed E-state index contributed by atoms with van der Waals surface area (Å²) in [6.07, 6.45) is 4.17. The number of nitrogens with one attached hydrogen (secondary N) is 1. The van der Waals surface area contributed by atoms with E-state index < -0.39 is 10.0 Å². The van der Waals surface area contributed by atoms with Crippen molar-refractivity contribution in [1.29, 1.82) is 5.26 Å². The van der Waals surface area contributed by atoms with Gasteiger partial charge in [-0.15, -0.1) is 0 Å². The molecule has 2 rings (SSSR count). The molecule has 1 aliphatic carbocycles. The van der Waals surface area contributed by atoms with Crippen molar-refractivity contribution in [3.63, 3.8) is 0 Å². The third kappa shape index (κ3) is 5.32. The van der Waals surface area contributed by atoms with Gasteiger partial charge in [0.25, 0.3) is 0 Å². The number of rotatable bonds is 7. The number of nitrogens with zero attached hydrogens (tertiary/aromatic N) is 1. The van der Waals surface area contributed by atoms with Gasteiger partial charge in [0.2, 0.25) is 10.0 Å². The first-order valence-corrected chi connectivity index (χ1v) is 9.34. The standard InChI is InChI=1S/C16H22N2O3S/c17-12-6-7-13-22(19,20)18-15-10-4-5-11-16(15)21-14-8-2-1-3-9-14/h1-3,8-9,15-16,18H,4-7,10-11,13H2/t15-,16+/m0/s1. The molecule has 1 saturated carbocycles. The molecule has 0 amide bonds. The van der Waals surface area contributed by atoms with Gasteiger partial charge in [0, 0.05) is 6.42 Å². The molecular formula is C16H22N2O3S. The molecule has 0 spiro atoms. The van der Waals surface area contributed by atoms with E-state index in [2.05, 4.69) is 4.72 Å². The molecule has 0 aromatic heterocycles. The van der Waals surface area contributed by atoms with Crippen LogP contribution in [0.3, 0.4) is 0 Å². The normalized spacial score (nSPS) is 22.0. The molecule has 0 radical (unpaired) electrons. The average Bonchev–Trinajstić information content (AvgIpc) is 2.50. The van der Waals surface area contributed by atoms with Crippen LogP contribution < -0.4 is 9.46 Å². The van der Waals surface area contributed by atoms with Crippen LogP contribution in [0.25, 0.3) is 0 Å². The Morgan fingerprint density at radius 3 is 2.68 bits per heavy atom. The van der Waals surface area contributed by atoms with Gasteiger partial charge < -0.3 is 4.74 Å². The van der Waals surface area contributed by atoms with Crippen molar-refractivity contribution in [2.24, 2.45) is 0 Å². The van der Waals surface area contributed by atoms with E-state index in [0.717, 1.165) is 31.4 Å². The summed E-state index contributed by atoms with van der Waals surface area (Å²) in [5.41, 5.74) is 0. The summed E-state index contributed by atoms with van der Waals surface area (Å²) >= 11 is 0. The lowest BCUT2D eigenvalue weighted by Gasteiger charge is -2.32. The van der Waals surface area contributed by atoms with E-state index in [1.54, 1.807) is 0 Å². The molecule has 0 aliphatic heterocycles. The second-order valence-corrected chi connectivity index (χ2v) is 7.43. The van der Waals surface area contributed by atoms with Crippen LogP contribution >= 0.6 is 0 Å². The molecule has 1 N–H and O–H groups in total. The predicted octanol–water partition coefficient (Wildman–Crippen LogP) is 2.60. The van der Waals surface area contributed by atoms with Crippen LogP contribution in [0.15, 0.2) is 30.3 Å². The molecule has 0 bridgehead atoms. The number of hydrogen-bond donors (Lipinski definition) is 1. The SMILES string of the molecule is N#CCCCS(=O)(=O)N[C@H]1CCCC[C@H]1Oc1ccccc1. The zero-order valence-electron chi connectivity index (χ0n) is 12.6. The van der Waals surface area contributed by atoms with Gasteiger partial charge in [-0.2, -0.15) is 5.26 Å². The van der Waals surface area contributed by atoms with Gasteiger partial charge >= 0.3 is 0 Å². The summed E-state index contributed by atoms with van der Waals surface area (Å²) in [5.74, 6) is 0.762. The molecule has 1 aromatic carbocycles. The van der Waals surface area contributed by atoms with E-state index in [1.165, 1.54) is 0 Å². The molecule has 5 nitrogen and oxygen atoms in total. The fourth-order valence-corrected chi connectivity index (χ4v) is 4.05. The Bertz CT molecular complexity index is 596. The Balaban J connectivity index is 1.96. The topological polar surface area (TPSA) is 79.2 Å². The number of hydrogen-bond acceptors (Lipinski definition) is 4. The van der Waals surface area contributed by atoms with Crippen LogP contribution in [0.5, 0.6) is 5.75 Å². The molecule has 0 saturated heterocycles. The van der Waals surface area contributed by atoms with Crippen LogP contribution in [-0.2, 0) is 10.0 Å². The monoisotopic (exact) mass is 322 g/mol. The number of ether oxygens (including phenoxy) is 1. The highest BCUT2D eigenvalue weighted by Crippen LogP contribution is 2.24. The van der Waals surface area contributed by atoms with E-state index in [-0.39, 0.29) is 24.3 Å². The minimum atomic E-state index is -3.36. The molecule has 0 unspecified atom stereocenters. The van der Waals surface area contributed by atoms with E-state index >= 15 is 0 Å². The lowest BCUT2D eigenvalue weighted by atomic mass is 9.93. The number of para-hydroxylation sites is 1. The predicted molar refractivity (Wildman–Crippen MR) is 84.9 cm³/mol. The van der Waals surface area contributed by atoms with Crippen molar-refractivity contribution in [1.82, 2.24) is 4.72 Å². The first-order valence-electron chi connectivity index (χ1n) is 7.69. The Morgan fingerprint density at radius 2 is 1.95 bits per heavy atom. The fraction of sp³-hybridized carbons (Fsp3) is 0.562. The van der Waals surface area contributed by atoms with Crippen molar-refractivity contribution >= 4 is 10.0 Å². The van der Waals surface area contributed by atoms with E-state index in [1.807, 2.05) is 36.4 Å². The van der Waals surface area contributed by atoms with E-state index in [4.69, 9.17) is 10.00 Å². The summed E-state index contributed by atoms with van der Waals surface area (Å²) in [6.45, 7) is 0. The van der Waals surface area contributed by atoms with Gasteiger partial charge in [-0.1, -0.05) is 24.6 Å². The van der Waals surface area contributed by atoms with Crippen molar-refractivity contribution in [3.05, 3.63) is 30.3 Å². The second kappa shape index (κ2) is 8.16. The first-order chi connectivity index (χ1) is 10.6. The van der Waals surface area contributed by atoms with Crippen molar-refractivity contribution in [2.75, 3.05) is 5.75 Å². The van der Waals surface area contributed by atoms with Crippen molar-refractivity contribution in [2.45, 2.75) is 50.7 Å². The summed E-state index contributed by atoms with van der Waals surface area (Å²) in [6, 6.07) is 11.3. The summed E-state index contributed by atoms with van der Waals surface area (Å²) in [5, 5.41) is 8.51. The molecule has 1 aromatic rings. The van der Waals surface area contributed by atoms with E-state index in [0.29, 0.717) is 6.42 Å². The zero-order valence-corrected chi connectivity index (χ0v) is 13.4. The second-order valence-electron chi connectivity index (χ2n) is 5.56. The smallest absolute Gasteiger partial charge is 0.212 e. The number of unbranched alkanes of at least 4 members (excludes halogenated alkanes) is 1. The van der Waals surface area contributed by atoms with E-state index in [9.17, 15) is 8.42 Å². The maximum Gasteiger partial charge on any atom is 0.212 e. The van der Waals surface area contributed by atoms with Crippen molar-refractivity contribution < 1.29 is 13.2 Å². The van der Waals surface area contributed by atoms with Crippen LogP contribution in [-0.4, -0.2) is 26.3 Å². The lowest BCUT2D eigenvalue weighted by Crippen LogP contribution is -2.48. The first kappa shape index (κ1) is 16.8. The molecule has 1 aliphatic rings. The number of sulfonamides is 1. The Hall–Kier alpha value is -1.58. The van der Waals surface area contributed by atoms with Gasteiger partial charge in [-0.05, 0) is 37.8 Å². The molecule has 120 valence electrons. The summed E-state index contributed by atoms with van der Waals surface area (Å²) in [7, 11) is -3.36. The molecule has 1 fully saturated rings.